The summed E-state index contributed by atoms with van der Waals surface area (Å²) in [5.41, 5.74) is 0. The molecule has 96 valence electrons. The average Bonchev–Trinajstić information content (AvgIpc) is 2.81. The van der Waals surface area contributed by atoms with Crippen molar-refractivity contribution in [2.75, 3.05) is 11.8 Å². The molecule has 6 nitrogen and oxygen atoms in total. The minimum Gasteiger partial charge on any atom is -0.495 e. The molecule has 0 bridgehead atoms. The van der Waals surface area contributed by atoms with Crippen molar-refractivity contribution in [3.8, 4) is 5.75 Å². The molecule has 8 heteroatoms. The first-order valence-electron chi connectivity index (χ1n) is 4.88. The minimum absolute atomic E-state index is 0.0444. The third kappa shape index (κ3) is 2.57. The molecule has 18 heavy (non-hydrogen) atoms. The molecule has 0 unspecified atom stereocenters. The number of hydrogen-bond donors (Lipinski definition) is 2. The van der Waals surface area contributed by atoms with E-state index in [0.717, 1.165) is 0 Å². The van der Waals surface area contributed by atoms with Gasteiger partial charge in [-0.1, -0.05) is 11.6 Å². The zero-order chi connectivity index (χ0) is 13.2. The number of nitrogens with zero attached hydrogens (tertiary/aromatic N) is 1. The van der Waals surface area contributed by atoms with Crippen molar-refractivity contribution < 1.29 is 13.2 Å². The first-order chi connectivity index (χ1) is 8.53. The molecule has 0 saturated carbocycles. The van der Waals surface area contributed by atoms with Crippen molar-refractivity contribution in [1.82, 2.24) is 10.2 Å². The predicted molar refractivity (Wildman–Crippen MR) is 67.4 cm³/mol. The van der Waals surface area contributed by atoms with Gasteiger partial charge in [0, 0.05) is 6.07 Å². The summed E-state index contributed by atoms with van der Waals surface area (Å²) in [6.07, 6.45) is 1.44. The maximum Gasteiger partial charge on any atom is 0.263 e. The van der Waals surface area contributed by atoms with Crippen molar-refractivity contribution in [3.63, 3.8) is 0 Å². The van der Waals surface area contributed by atoms with Crippen LogP contribution in [0.4, 0.5) is 5.82 Å². The van der Waals surface area contributed by atoms with Crippen molar-refractivity contribution >= 4 is 27.4 Å². The van der Waals surface area contributed by atoms with Crippen LogP contribution in [0.2, 0.25) is 5.02 Å². The van der Waals surface area contributed by atoms with E-state index in [-0.39, 0.29) is 15.7 Å². The quantitative estimate of drug-likeness (QED) is 0.899. The number of halogens is 1. The largest absolute Gasteiger partial charge is 0.495 e. The van der Waals surface area contributed by atoms with E-state index in [9.17, 15) is 8.42 Å². The van der Waals surface area contributed by atoms with Gasteiger partial charge in [0.2, 0.25) is 0 Å². The third-order valence-electron chi connectivity index (χ3n) is 2.18. The first kappa shape index (κ1) is 12.7. The number of nitrogens with one attached hydrogen (secondary N) is 2. The Balaban J connectivity index is 2.33. The predicted octanol–water partition coefficient (Wildman–Crippen LogP) is 1.87. The van der Waals surface area contributed by atoms with E-state index in [1.807, 2.05) is 0 Å². The van der Waals surface area contributed by atoms with Crippen LogP contribution >= 0.6 is 11.6 Å². The first-order valence-corrected chi connectivity index (χ1v) is 6.75. The summed E-state index contributed by atoms with van der Waals surface area (Å²) in [6, 6.07) is 5.72. The van der Waals surface area contributed by atoms with Gasteiger partial charge in [-0.15, -0.1) is 0 Å². The van der Waals surface area contributed by atoms with Crippen molar-refractivity contribution in [3.05, 3.63) is 35.5 Å². The molecule has 1 aromatic carbocycles. The zero-order valence-electron chi connectivity index (χ0n) is 9.34. The summed E-state index contributed by atoms with van der Waals surface area (Å²) < 4.78 is 31.3. The van der Waals surface area contributed by atoms with Gasteiger partial charge in [0.15, 0.2) is 0 Å². The zero-order valence-corrected chi connectivity index (χ0v) is 10.9. The number of anilines is 1. The fourth-order valence-corrected chi connectivity index (χ4v) is 2.69. The summed E-state index contributed by atoms with van der Waals surface area (Å²) in [5.74, 6) is 0.694. The molecule has 1 aromatic heterocycles. The average molecular weight is 288 g/mol. The van der Waals surface area contributed by atoms with Gasteiger partial charge in [-0.2, -0.15) is 5.10 Å². The van der Waals surface area contributed by atoms with Gasteiger partial charge >= 0.3 is 0 Å². The fraction of sp³-hybridized carbons (Fsp3) is 0.100. The molecule has 0 aliphatic carbocycles. The highest BCUT2D eigenvalue weighted by molar-refractivity contribution is 7.92. The van der Waals surface area contributed by atoms with E-state index < -0.39 is 10.0 Å². The lowest BCUT2D eigenvalue weighted by Crippen LogP contribution is -2.13. The van der Waals surface area contributed by atoms with Gasteiger partial charge in [0.25, 0.3) is 10.0 Å². The van der Waals surface area contributed by atoms with Gasteiger partial charge in [-0.3, -0.25) is 9.82 Å². The van der Waals surface area contributed by atoms with E-state index >= 15 is 0 Å². The van der Waals surface area contributed by atoms with Crippen LogP contribution in [0.1, 0.15) is 0 Å². The number of H-pyrrole nitrogens is 1. The van der Waals surface area contributed by atoms with Crippen molar-refractivity contribution in [2.45, 2.75) is 4.90 Å². The van der Waals surface area contributed by atoms with Crippen molar-refractivity contribution in [2.24, 2.45) is 0 Å². The smallest absolute Gasteiger partial charge is 0.263 e. The van der Waals surface area contributed by atoms with Crippen LogP contribution in [0.15, 0.2) is 35.4 Å². The van der Waals surface area contributed by atoms with Crippen LogP contribution in [0, 0.1) is 0 Å². The van der Waals surface area contributed by atoms with Gasteiger partial charge in [-0.25, -0.2) is 8.42 Å². The molecule has 0 amide bonds. The summed E-state index contributed by atoms with van der Waals surface area (Å²) in [4.78, 5) is 0.0444. The van der Waals surface area contributed by atoms with E-state index in [1.165, 1.54) is 37.6 Å². The van der Waals surface area contributed by atoms with Gasteiger partial charge in [0.1, 0.15) is 11.6 Å². The molecule has 0 aliphatic rings. The molecular weight excluding hydrogens is 278 g/mol. The Bertz CT molecular complexity index is 640. The fourth-order valence-electron chi connectivity index (χ4n) is 1.33. The Labute approximate surface area is 109 Å². The Morgan fingerprint density at radius 2 is 2.17 bits per heavy atom. The van der Waals surface area contributed by atoms with Crippen LogP contribution in [0.3, 0.4) is 0 Å². The summed E-state index contributed by atoms with van der Waals surface area (Å²) >= 11 is 5.88. The molecule has 0 spiro atoms. The van der Waals surface area contributed by atoms with Crippen LogP contribution in [-0.4, -0.2) is 25.7 Å². The molecule has 2 rings (SSSR count). The van der Waals surface area contributed by atoms with E-state index in [1.54, 1.807) is 0 Å². The number of benzene rings is 1. The normalized spacial score (nSPS) is 11.2. The van der Waals surface area contributed by atoms with Crippen molar-refractivity contribution in [1.29, 1.82) is 0 Å². The molecular formula is C10H10ClN3O3S. The highest BCUT2D eigenvalue weighted by atomic mass is 35.5. The van der Waals surface area contributed by atoms with Crippen LogP contribution in [0.5, 0.6) is 5.75 Å². The van der Waals surface area contributed by atoms with Crippen LogP contribution in [0.25, 0.3) is 0 Å². The van der Waals surface area contributed by atoms with E-state index in [4.69, 9.17) is 16.3 Å². The van der Waals surface area contributed by atoms with Gasteiger partial charge < -0.3 is 4.74 Å². The molecule has 0 atom stereocenters. The number of sulfonamides is 1. The second-order valence-electron chi connectivity index (χ2n) is 3.37. The number of rotatable bonds is 4. The second kappa shape index (κ2) is 4.87. The molecule has 2 aromatic rings. The molecule has 2 N–H and O–H groups in total. The Kier molecular flexibility index (Phi) is 3.44. The number of hydrogen-bond acceptors (Lipinski definition) is 4. The summed E-state index contributed by atoms with van der Waals surface area (Å²) in [7, 11) is -2.24. The summed E-state index contributed by atoms with van der Waals surface area (Å²) in [5, 5.41) is 6.38. The highest BCUT2D eigenvalue weighted by Gasteiger charge is 2.16. The number of aromatic nitrogens is 2. The maximum absolute atomic E-state index is 12.0. The molecule has 0 fully saturated rings. The maximum atomic E-state index is 12.0. The minimum atomic E-state index is -3.69. The molecule has 0 aliphatic heterocycles. The lowest BCUT2D eigenvalue weighted by Gasteiger charge is -2.08. The third-order valence-corrected chi connectivity index (χ3v) is 3.84. The van der Waals surface area contributed by atoms with Crippen LogP contribution < -0.4 is 9.46 Å². The molecule has 0 radical (unpaired) electrons. The van der Waals surface area contributed by atoms with E-state index in [0.29, 0.717) is 5.75 Å². The number of aromatic amines is 1. The number of ether oxygens (including phenoxy) is 1. The number of methoxy groups -OCH3 is 1. The van der Waals surface area contributed by atoms with Gasteiger partial charge in [0.05, 0.1) is 23.2 Å². The van der Waals surface area contributed by atoms with Gasteiger partial charge in [-0.05, 0) is 18.2 Å². The molecule has 1 heterocycles. The Hall–Kier alpha value is -1.73. The second-order valence-corrected chi connectivity index (χ2v) is 5.46. The van der Waals surface area contributed by atoms with E-state index in [2.05, 4.69) is 14.9 Å². The monoisotopic (exact) mass is 287 g/mol. The lowest BCUT2D eigenvalue weighted by atomic mass is 10.3. The Morgan fingerprint density at radius 3 is 2.72 bits per heavy atom. The topological polar surface area (TPSA) is 84.1 Å². The standard InChI is InChI=1S/C10H10ClN3O3S/c1-17-9-3-2-7(6-8(9)11)18(15,16)14-10-4-5-12-13-10/h2-6H,1H3,(H2,12,13,14). The molecule has 0 saturated heterocycles. The SMILES string of the molecule is COc1ccc(S(=O)(=O)Nc2ccn[nH]2)cc1Cl. The highest BCUT2D eigenvalue weighted by Crippen LogP contribution is 2.27. The Morgan fingerprint density at radius 1 is 1.39 bits per heavy atom. The summed E-state index contributed by atoms with van der Waals surface area (Å²) in [6.45, 7) is 0. The lowest BCUT2D eigenvalue weighted by molar-refractivity contribution is 0.414. The van der Waals surface area contributed by atoms with Crippen LogP contribution in [-0.2, 0) is 10.0 Å².